The van der Waals surface area contributed by atoms with E-state index in [4.69, 9.17) is 9.47 Å². The van der Waals surface area contributed by atoms with Gasteiger partial charge in [-0.1, -0.05) is 227 Å². The van der Waals surface area contributed by atoms with E-state index in [-0.39, 0.29) is 11.9 Å². The van der Waals surface area contributed by atoms with E-state index >= 15 is 0 Å². The van der Waals surface area contributed by atoms with Crippen molar-refractivity contribution >= 4 is 11.9 Å². The largest absolute Gasteiger partial charge is 0.465 e. The molecule has 0 spiro atoms. The van der Waals surface area contributed by atoms with Crippen LogP contribution in [-0.2, 0) is 19.1 Å². The van der Waals surface area contributed by atoms with Gasteiger partial charge >= 0.3 is 11.9 Å². The van der Waals surface area contributed by atoms with Crippen LogP contribution in [0.25, 0.3) is 0 Å². The Morgan fingerprint density at radius 1 is 0.373 bits per heavy atom. The van der Waals surface area contributed by atoms with Crippen molar-refractivity contribution in [3.8, 4) is 0 Å². The van der Waals surface area contributed by atoms with Gasteiger partial charge in [0.15, 0.2) is 0 Å². The SMILES string of the molecule is CCCCCCCCCC(CCCCCC)COC(=O)CCCCCC(CCCCCC(=O)OCC(CCCCCC)CCCCCCCC)N(CCCN(C)C)C(O)CCCCCCCC. The molecule has 0 bridgehead atoms. The van der Waals surface area contributed by atoms with Crippen molar-refractivity contribution in [2.24, 2.45) is 11.8 Å². The fraction of sp³-hybridized carbons (Fsp3) is 0.967. The molecule has 0 amide bonds. The van der Waals surface area contributed by atoms with Gasteiger partial charge in [0, 0.05) is 25.4 Å². The maximum atomic E-state index is 13.0. The molecule has 0 aromatic rings. The normalized spacial score (nSPS) is 13.6. The van der Waals surface area contributed by atoms with E-state index in [2.05, 4.69) is 58.5 Å². The fourth-order valence-electron chi connectivity index (χ4n) is 10.1. The van der Waals surface area contributed by atoms with Gasteiger partial charge in [-0.3, -0.25) is 14.5 Å². The van der Waals surface area contributed by atoms with Gasteiger partial charge in [-0.2, -0.15) is 0 Å². The Balaban J connectivity index is 5.33. The van der Waals surface area contributed by atoms with Gasteiger partial charge in [0.1, 0.15) is 6.23 Å². The summed E-state index contributed by atoms with van der Waals surface area (Å²) in [7, 11) is 4.27. The fourth-order valence-corrected chi connectivity index (χ4v) is 10.1. The van der Waals surface area contributed by atoms with Crippen LogP contribution in [0.1, 0.15) is 311 Å². The molecule has 0 aromatic carbocycles. The predicted molar refractivity (Wildman–Crippen MR) is 291 cm³/mol. The molecule has 67 heavy (non-hydrogen) atoms. The second-order valence-corrected chi connectivity index (χ2v) is 21.5. The van der Waals surface area contributed by atoms with Crippen LogP contribution in [0.15, 0.2) is 0 Å². The summed E-state index contributed by atoms with van der Waals surface area (Å²) in [4.78, 5) is 30.7. The van der Waals surface area contributed by atoms with Crippen LogP contribution < -0.4 is 0 Å². The van der Waals surface area contributed by atoms with Crippen molar-refractivity contribution in [1.82, 2.24) is 9.80 Å². The molecule has 7 heteroatoms. The highest BCUT2D eigenvalue weighted by Gasteiger charge is 2.24. The molecule has 0 saturated carbocycles. The first kappa shape index (κ1) is 65.8. The Hall–Kier alpha value is -1.18. The van der Waals surface area contributed by atoms with Crippen molar-refractivity contribution in [2.45, 2.75) is 323 Å². The highest BCUT2D eigenvalue weighted by atomic mass is 16.5. The lowest BCUT2D eigenvalue weighted by Crippen LogP contribution is -2.44. The molecule has 0 heterocycles. The monoisotopic (exact) mass is 949 g/mol. The smallest absolute Gasteiger partial charge is 0.305 e. The van der Waals surface area contributed by atoms with Crippen molar-refractivity contribution < 1.29 is 24.2 Å². The van der Waals surface area contributed by atoms with E-state index < -0.39 is 6.23 Å². The first-order valence-corrected chi connectivity index (χ1v) is 30.1. The zero-order chi connectivity index (χ0) is 49.3. The average molecular weight is 950 g/mol. The lowest BCUT2D eigenvalue weighted by molar-refractivity contribution is -0.146. The van der Waals surface area contributed by atoms with E-state index in [0.717, 1.165) is 83.7 Å². The number of carbonyl (C=O) groups excluding carboxylic acids is 2. The topological polar surface area (TPSA) is 79.3 Å². The zero-order valence-corrected chi connectivity index (χ0v) is 46.5. The summed E-state index contributed by atoms with van der Waals surface area (Å²) < 4.78 is 11.9. The maximum absolute atomic E-state index is 13.0. The summed E-state index contributed by atoms with van der Waals surface area (Å²) in [6, 6.07) is 0.298. The number of esters is 2. The highest BCUT2D eigenvalue weighted by Crippen LogP contribution is 2.25. The lowest BCUT2D eigenvalue weighted by Gasteiger charge is -2.36. The number of rotatable bonds is 54. The maximum Gasteiger partial charge on any atom is 0.305 e. The molecule has 0 aliphatic rings. The molecule has 0 aromatic heterocycles. The zero-order valence-electron chi connectivity index (χ0n) is 46.5. The van der Waals surface area contributed by atoms with E-state index in [1.54, 1.807) is 0 Å². The minimum Gasteiger partial charge on any atom is -0.465 e. The number of unbranched alkanes of at least 4 members (excludes halogenated alkanes) is 26. The molecule has 1 N–H and O–H groups in total. The number of aliphatic hydroxyl groups excluding tert-OH is 1. The second-order valence-electron chi connectivity index (χ2n) is 21.5. The number of aliphatic hydroxyl groups is 1. The molecule has 0 radical (unpaired) electrons. The Labute approximate surface area is 419 Å². The molecular formula is C60H120N2O5. The van der Waals surface area contributed by atoms with Gasteiger partial charge < -0.3 is 19.5 Å². The van der Waals surface area contributed by atoms with Gasteiger partial charge in [-0.25, -0.2) is 0 Å². The summed E-state index contributed by atoms with van der Waals surface area (Å²) in [5.74, 6) is 0.961. The summed E-state index contributed by atoms with van der Waals surface area (Å²) in [6.07, 6.45) is 49.8. The average Bonchev–Trinajstić information content (AvgIpc) is 3.31. The Bertz CT molecular complexity index is 1020. The third-order valence-electron chi connectivity index (χ3n) is 14.6. The Morgan fingerprint density at radius 2 is 0.672 bits per heavy atom. The van der Waals surface area contributed by atoms with Crippen LogP contribution >= 0.6 is 0 Å². The van der Waals surface area contributed by atoms with E-state index in [1.165, 1.54) is 193 Å². The predicted octanol–water partition coefficient (Wildman–Crippen LogP) is 17.7. The van der Waals surface area contributed by atoms with Crippen LogP contribution in [0.5, 0.6) is 0 Å². The van der Waals surface area contributed by atoms with E-state index in [1.807, 2.05) is 0 Å². The van der Waals surface area contributed by atoms with Crippen LogP contribution in [0, 0.1) is 11.8 Å². The molecule has 0 fully saturated rings. The van der Waals surface area contributed by atoms with Crippen LogP contribution in [0.3, 0.4) is 0 Å². The molecule has 0 rings (SSSR count). The third-order valence-corrected chi connectivity index (χ3v) is 14.6. The first-order chi connectivity index (χ1) is 32.7. The molecule has 0 saturated heterocycles. The molecular weight excluding hydrogens is 829 g/mol. The van der Waals surface area contributed by atoms with Crippen LogP contribution in [-0.4, -0.2) is 79.5 Å². The third kappa shape index (κ3) is 44.5. The minimum absolute atomic E-state index is 0.0202. The molecule has 400 valence electrons. The molecule has 0 aliphatic carbocycles. The second kappa shape index (κ2) is 51.2. The first-order valence-electron chi connectivity index (χ1n) is 30.1. The number of hydrogen-bond acceptors (Lipinski definition) is 7. The standard InChI is InChI=1S/C60H120N2O5/c1-8-13-18-23-26-28-35-45-56(43-33-22-17-12-5)54-67-60(65)50-40-31-37-47-57(62(52-41-51-61(6)7)58(63)48-38-29-25-20-15-10-3)46-36-30-39-49-59(64)66-53-55(42-32-21-16-11-4)44-34-27-24-19-14-9-2/h55-58,63H,8-54H2,1-7H3. The molecule has 7 nitrogen and oxygen atoms in total. The molecule has 4 unspecified atom stereocenters. The number of hydrogen-bond donors (Lipinski definition) is 1. The Morgan fingerprint density at radius 3 is 1.03 bits per heavy atom. The Kier molecular flexibility index (Phi) is 50.3. The van der Waals surface area contributed by atoms with Gasteiger partial charge in [-0.05, 0) is 103 Å². The highest BCUT2D eigenvalue weighted by molar-refractivity contribution is 5.69. The number of nitrogens with zero attached hydrogens (tertiary/aromatic N) is 2. The van der Waals surface area contributed by atoms with Crippen molar-refractivity contribution in [3.05, 3.63) is 0 Å². The van der Waals surface area contributed by atoms with Gasteiger partial charge in [0.05, 0.1) is 13.2 Å². The minimum atomic E-state index is -0.425. The van der Waals surface area contributed by atoms with Crippen molar-refractivity contribution in [3.63, 3.8) is 0 Å². The summed E-state index contributed by atoms with van der Waals surface area (Å²) in [5, 5.41) is 11.8. The number of carbonyl (C=O) groups is 2. The lowest BCUT2D eigenvalue weighted by atomic mass is 9.95. The molecule has 0 aliphatic heterocycles. The molecule has 4 atom stereocenters. The summed E-state index contributed by atoms with van der Waals surface area (Å²) in [5.41, 5.74) is 0. The number of ether oxygens (including phenoxy) is 2. The van der Waals surface area contributed by atoms with Gasteiger partial charge in [-0.15, -0.1) is 0 Å². The quantitative estimate of drug-likeness (QED) is 0.0370. The van der Waals surface area contributed by atoms with Gasteiger partial charge in [0.25, 0.3) is 0 Å². The summed E-state index contributed by atoms with van der Waals surface area (Å²) >= 11 is 0. The van der Waals surface area contributed by atoms with Crippen molar-refractivity contribution in [2.75, 3.05) is 40.4 Å². The van der Waals surface area contributed by atoms with Gasteiger partial charge in [0.2, 0.25) is 0 Å². The van der Waals surface area contributed by atoms with Crippen LogP contribution in [0.4, 0.5) is 0 Å². The van der Waals surface area contributed by atoms with Crippen LogP contribution in [0.2, 0.25) is 0 Å². The summed E-state index contributed by atoms with van der Waals surface area (Å²) in [6.45, 7) is 14.5. The van der Waals surface area contributed by atoms with Crippen molar-refractivity contribution in [1.29, 1.82) is 0 Å². The van der Waals surface area contributed by atoms with E-state index in [0.29, 0.717) is 43.9 Å². The van der Waals surface area contributed by atoms with E-state index in [9.17, 15) is 14.7 Å².